The Morgan fingerprint density at radius 3 is 3.15 bits per heavy atom. The SMILES string of the molecule is COCc1n[nH]c(CNC(=O)N2CCO[C@H](c3cccc(Cl)c3)[C@H]2C)n1. The molecule has 1 aromatic carbocycles. The van der Waals surface area contributed by atoms with Gasteiger partial charge in [-0.15, -0.1) is 0 Å². The zero-order valence-electron chi connectivity index (χ0n) is 14.7. The van der Waals surface area contributed by atoms with Crippen molar-refractivity contribution in [1.29, 1.82) is 0 Å². The van der Waals surface area contributed by atoms with Crippen LogP contribution in [0.5, 0.6) is 0 Å². The standard InChI is InChI=1S/C17H22ClN5O3/c1-11-16(12-4-3-5-13(18)8-12)26-7-6-23(11)17(24)19-9-14-20-15(10-25-2)22-21-14/h3-5,8,11,16H,6-7,9-10H2,1-2H3,(H,19,24)(H,20,21,22)/t11-,16+/m1/s1. The summed E-state index contributed by atoms with van der Waals surface area (Å²) in [7, 11) is 1.58. The molecule has 0 aliphatic carbocycles. The van der Waals surface area contributed by atoms with E-state index in [9.17, 15) is 4.79 Å². The fraction of sp³-hybridized carbons (Fsp3) is 0.471. The lowest BCUT2D eigenvalue weighted by atomic mass is 10.0. The van der Waals surface area contributed by atoms with Gasteiger partial charge in [0.05, 0.1) is 19.2 Å². The summed E-state index contributed by atoms with van der Waals surface area (Å²) in [6, 6.07) is 7.24. The van der Waals surface area contributed by atoms with E-state index >= 15 is 0 Å². The van der Waals surface area contributed by atoms with Crippen LogP contribution in [0.4, 0.5) is 4.79 Å². The molecule has 3 rings (SSSR count). The largest absolute Gasteiger partial charge is 0.377 e. The van der Waals surface area contributed by atoms with Gasteiger partial charge in [-0.25, -0.2) is 9.78 Å². The molecule has 2 aromatic rings. The number of carbonyl (C=O) groups is 1. The smallest absolute Gasteiger partial charge is 0.318 e. The van der Waals surface area contributed by atoms with Gasteiger partial charge in [-0.2, -0.15) is 5.10 Å². The molecule has 1 aromatic heterocycles. The number of methoxy groups -OCH3 is 1. The second-order valence-electron chi connectivity index (χ2n) is 6.07. The number of aromatic amines is 1. The second-order valence-corrected chi connectivity index (χ2v) is 6.51. The van der Waals surface area contributed by atoms with E-state index in [1.54, 1.807) is 12.0 Å². The van der Waals surface area contributed by atoms with Gasteiger partial charge in [0.1, 0.15) is 18.5 Å². The summed E-state index contributed by atoms with van der Waals surface area (Å²) in [6.07, 6.45) is -0.216. The van der Waals surface area contributed by atoms with Gasteiger partial charge in [-0.05, 0) is 24.6 Å². The normalized spacial score (nSPS) is 20.2. The zero-order chi connectivity index (χ0) is 18.5. The van der Waals surface area contributed by atoms with Crippen molar-refractivity contribution in [3.05, 3.63) is 46.5 Å². The van der Waals surface area contributed by atoms with Crippen LogP contribution in [0.25, 0.3) is 0 Å². The van der Waals surface area contributed by atoms with Crippen LogP contribution in [0.15, 0.2) is 24.3 Å². The third kappa shape index (κ3) is 4.32. The molecule has 1 aliphatic rings. The molecule has 0 spiro atoms. The van der Waals surface area contributed by atoms with E-state index in [0.717, 1.165) is 5.56 Å². The summed E-state index contributed by atoms with van der Waals surface area (Å²) in [4.78, 5) is 18.6. The number of rotatable bonds is 5. The van der Waals surface area contributed by atoms with Crippen molar-refractivity contribution in [3.63, 3.8) is 0 Å². The van der Waals surface area contributed by atoms with Gasteiger partial charge in [0.15, 0.2) is 5.82 Å². The Balaban J connectivity index is 1.61. The zero-order valence-corrected chi connectivity index (χ0v) is 15.5. The molecular weight excluding hydrogens is 358 g/mol. The quantitative estimate of drug-likeness (QED) is 0.831. The Morgan fingerprint density at radius 1 is 1.54 bits per heavy atom. The lowest BCUT2D eigenvalue weighted by Gasteiger charge is -2.39. The van der Waals surface area contributed by atoms with Gasteiger partial charge < -0.3 is 19.7 Å². The van der Waals surface area contributed by atoms with Crippen LogP contribution in [0.3, 0.4) is 0 Å². The van der Waals surface area contributed by atoms with Gasteiger partial charge >= 0.3 is 6.03 Å². The van der Waals surface area contributed by atoms with Gasteiger partial charge in [0.2, 0.25) is 0 Å². The van der Waals surface area contributed by atoms with Gasteiger partial charge in [-0.1, -0.05) is 23.7 Å². The Morgan fingerprint density at radius 2 is 2.38 bits per heavy atom. The van der Waals surface area contributed by atoms with E-state index < -0.39 is 0 Å². The molecule has 0 unspecified atom stereocenters. The van der Waals surface area contributed by atoms with Crippen molar-refractivity contribution in [1.82, 2.24) is 25.4 Å². The van der Waals surface area contributed by atoms with Crippen molar-refractivity contribution in [2.24, 2.45) is 0 Å². The highest BCUT2D eigenvalue weighted by Crippen LogP contribution is 2.29. The van der Waals surface area contributed by atoms with Crippen LogP contribution >= 0.6 is 11.6 Å². The molecule has 9 heteroatoms. The average Bonchev–Trinajstić information content (AvgIpc) is 3.08. The topological polar surface area (TPSA) is 92.4 Å². The third-order valence-corrected chi connectivity index (χ3v) is 4.49. The number of morpholine rings is 1. The molecule has 2 atom stereocenters. The second kappa shape index (κ2) is 8.48. The molecule has 0 bridgehead atoms. The first-order valence-corrected chi connectivity index (χ1v) is 8.77. The Hall–Kier alpha value is -2.16. The average molecular weight is 380 g/mol. The summed E-state index contributed by atoms with van der Waals surface area (Å²) >= 11 is 6.08. The van der Waals surface area contributed by atoms with Crippen molar-refractivity contribution >= 4 is 17.6 Å². The van der Waals surface area contributed by atoms with Gasteiger partial charge in [0, 0.05) is 18.7 Å². The molecule has 1 aliphatic heterocycles. The highest BCUT2D eigenvalue weighted by Gasteiger charge is 2.33. The molecule has 2 N–H and O–H groups in total. The van der Waals surface area contributed by atoms with E-state index in [-0.39, 0.29) is 24.7 Å². The maximum atomic E-state index is 12.6. The molecule has 0 radical (unpaired) electrons. The first kappa shape index (κ1) is 18.6. The van der Waals surface area contributed by atoms with E-state index in [1.165, 1.54) is 0 Å². The summed E-state index contributed by atoms with van der Waals surface area (Å²) in [5.74, 6) is 1.13. The molecule has 140 valence electrons. The predicted molar refractivity (Wildman–Crippen MR) is 95.6 cm³/mol. The Bertz CT molecular complexity index is 754. The van der Waals surface area contributed by atoms with Gasteiger partial charge in [0.25, 0.3) is 0 Å². The predicted octanol–water partition coefficient (Wildman–Crippen LogP) is 2.28. The Kier molecular flexibility index (Phi) is 6.08. The summed E-state index contributed by atoms with van der Waals surface area (Å²) in [5, 5.41) is 10.3. The van der Waals surface area contributed by atoms with Crippen LogP contribution in [-0.4, -0.2) is 52.4 Å². The number of aromatic nitrogens is 3. The van der Waals surface area contributed by atoms with Crippen LogP contribution in [0, 0.1) is 0 Å². The fourth-order valence-electron chi connectivity index (χ4n) is 3.00. The summed E-state index contributed by atoms with van der Waals surface area (Å²) < 4.78 is 10.9. The van der Waals surface area contributed by atoms with Crippen LogP contribution in [0.2, 0.25) is 5.02 Å². The van der Waals surface area contributed by atoms with E-state index in [0.29, 0.717) is 36.4 Å². The van der Waals surface area contributed by atoms with E-state index in [1.807, 2.05) is 31.2 Å². The van der Waals surface area contributed by atoms with Crippen molar-refractivity contribution in [2.45, 2.75) is 32.2 Å². The van der Waals surface area contributed by atoms with Crippen molar-refractivity contribution < 1.29 is 14.3 Å². The Labute approximate surface area is 156 Å². The van der Waals surface area contributed by atoms with Crippen molar-refractivity contribution in [2.75, 3.05) is 20.3 Å². The minimum atomic E-state index is -0.216. The molecule has 2 amide bonds. The van der Waals surface area contributed by atoms with Crippen LogP contribution in [-0.2, 0) is 22.6 Å². The van der Waals surface area contributed by atoms with E-state index in [4.69, 9.17) is 21.1 Å². The number of ether oxygens (including phenoxy) is 2. The molecule has 1 saturated heterocycles. The molecule has 8 nitrogen and oxygen atoms in total. The lowest BCUT2D eigenvalue weighted by Crippen LogP contribution is -2.52. The number of hydrogen-bond donors (Lipinski definition) is 2. The van der Waals surface area contributed by atoms with Crippen LogP contribution < -0.4 is 5.32 Å². The summed E-state index contributed by atoms with van der Waals surface area (Å²) in [6.45, 7) is 3.55. The number of halogens is 1. The van der Waals surface area contributed by atoms with Crippen LogP contribution in [0.1, 0.15) is 30.2 Å². The van der Waals surface area contributed by atoms with E-state index in [2.05, 4.69) is 20.5 Å². The number of nitrogens with zero attached hydrogens (tertiary/aromatic N) is 3. The third-order valence-electron chi connectivity index (χ3n) is 4.26. The number of H-pyrrole nitrogens is 1. The molecule has 1 fully saturated rings. The first-order valence-electron chi connectivity index (χ1n) is 8.39. The number of nitrogens with one attached hydrogen (secondary N) is 2. The minimum absolute atomic E-state index is 0.124. The number of urea groups is 1. The monoisotopic (exact) mass is 379 g/mol. The first-order chi connectivity index (χ1) is 12.6. The maximum Gasteiger partial charge on any atom is 0.318 e. The molecule has 26 heavy (non-hydrogen) atoms. The molecular formula is C17H22ClN5O3. The molecule has 2 heterocycles. The maximum absolute atomic E-state index is 12.6. The van der Waals surface area contributed by atoms with Crippen molar-refractivity contribution in [3.8, 4) is 0 Å². The number of carbonyl (C=O) groups excluding carboxylic acids is 1. The number of amides is 2. The highest BCUT2D eigenvalue weighted by atomic mass is 35.5. The highest BCUT2D eigenvalue weighted by molar-refractivity contribution is 6.30. The van der Waals surface area contributed by atoms with Gasteiger partial charge in [-0.3, -0.25) is 5.10 Å². The summed E-state index contributed by atoms with van der Waals surface area (Å²) in [5.41, 5.74) is 0.960. The number of hydrogen-bond acceptors (Lipinski definition) is 5. The lowest BCUT2D eigenvalue weighted by molar-refractivity contribution is -0.0498. The molecule has 0 saturated carbocycles. The number of benzene rings is 1. The fourth-order valence-corrected chi connectivity index (χ4v) is 3.20. The minimum Gasteiger partial charge on any atom is -0.377 e.